The normalized spacial score (nSPS) is 26.4. The van der Waals surface area contributed by atoms with E-state index in [1.807, 2.05) is 0 Å². The van der Waals surface area contributed by atoms with Crippen LogP contribution in [0.25, 0.3) is 0 Å². The molecule has 1 saturated carbocycles. The van der Waals surface area contributed by atoms with Gasteiger partial charge >= 0.3 is 0 Å². The second-order valence-electron chi connectivity index (χ2n) is 5.11. The van der Waals surface area contributed by atoms with Gasteiger partial charge in [-0.25, -0.2) is 8.42 Å². The highest BCUT2D eigenvalue weighted by Gasteiger charge is 2.25. The summed E-state index contributed by atoms with van der Waals surface area (Å²) >= 11 is 0. The summed E-state index contributed by atoms with van der Waals surface area (Å²) in [5.74, 6) is 0.531. The molecule has 4 nitrogen and oxygen atoms in total. The molecule has 0 radical (unpaired) electrons. The Kier molecular flexibility index (Phi) is 5.89. The molecule has 1 aliphatic rings. The molecule has 0 spiro atoms. The van der Waals surface area contributed by atoms with Crippen LogP contribution in [0, 0.1) is 5.92 Å². The summed E-state index contributed by atoms with van der Waals surface area (Å²) in [6.45, 7) is 4.36. The molecule has 1 rings (SSSR count). The lowest BCUT2D eigenvalue weighted by atomic mass is 9.86. The topological polar surface area (TPSA) is 69.4 Å². The van der Waals surface area contributed by atoms with Crippen molar-refractivity contribution in [1.82, 2.24) is 0 Å². The summed E-state index contributed by atoms with van der Waals surface area (Å²) in [7, 11) is -2.98. The van der Waals surface area contributed by atoms with Crippen LogP contribution >= 0.6 is 0 Å². The minimum Gasteiger partial charge on any atom is -0.377 e. The van der Waals surface area contributed by atoms with Crippen LogP contribution in [0.1, 0.15) is 39.5 Å². The van der Waals surface area contributed by atoms with Crippen molar-refractivity contribution in [1.29, 1.82) is 0 Å². The second-order valence-corrected chi connectivity index (χ2v) is 7.78. The van der Waals surface area contributed by atoms with E-state index in [-0.39, 0.29) is 17.1 Å². The van der Waals surface area contributed by atoms with E-state index in [9.17, 15) is 8.42 Å². The van der Waals surface area contributed by atoms with Gasteiger partial charge in [-0.3, -0.25) is 0 Å². The quantitative estimate of drug-likeness (QED) is 0.785. The molecule has 0 bridgehead atoms. The molecule has 5 heteroatoms. The Morgan fingerprint density at radius 3 is 2.53 bits per heavy atom. The Bertz CT molecular complexity index is 314. The lowest BCUT2D eigenvalue weighted by Crippen LogP contribution is -2.34. The highest BCUT2D eigenvalue weighted by molar-refractivity contribution is 7.91. The highest BCUT2D eigenvalue weighted by Crippen LogP contribution is 2.26. The van der Waals surface area contributed by atoms with Gasteiger partial charge in [0.1, 0.15) is 0 Å². The molecule has 0 saturated heterocycles. The summed E-state index contributed by atoms with van der Waals surface area (Å²) in [4.78, 5) is 0. The van der Waals surface area contributed by atoms with Gasteiger partial charge in [0.15, 0.2) is 9.84 Å². The molecule has 1 fully saturated rings. The van der Waals surface area contributed by atoms with E-state index >= 15 is 0 Å². The minimum absolute atomic E-state index is 0.123. The maximum absolute atomic E-state index is 11.6. The number of rotatable bonds is 6. The predicted octanol–water partition coefficient (Wildman–Crippen LogP) is 1.34. The van der Waals surface area contributed by atoms with Crippen molar-refractivity contribution in [3.8, 4) is 0 Å². The summed E-state index contributed by atoms with van der Waals surface area (Å²) in [6, 6.07) is 0. The average Bonchev–Trinajstić information content (AvgIpc) is 2.29. The van der Waals surface area contributed by atoms with Gasteiger partial charge in [0, 0.05) is 0 Å². The third-order valence-corrected chi connectivity index (χ3v) is 5.73. The van der Waals surface area contributed by atoms with Gasteiger partial charge in [-0.2, -0.15) is 0 Å². The van der Waals surface area contributed by atoms with Gasteiger partial charge in [0.05, 0.1) is 23.7 Å². The number of hydrogen-bond donors (Lipinski definition) is 1. The first-order chi connectivity index (χ1) is 7.97. The molecule has 0 aromatic rings. The molecule has 0 heterocycles. The first-order valence-electron chi connectivity index (χ1n) is 6.50. The van der Waals surface area contributed by atoms with Crippen LogP contribution in [-0.2, 0) is 14.6 Å². The van der Waals surface area contributed by atoms with Crippen LogP contribution in [-0.4, -0.2) is 38.7 Å². The third-order valence-electron chi connectivity index (χ3n) is 3.56. The van der Waals surface area contributed by atoms with Crippen molar-refractivity contribution >= 4 is 9.84 Å². The van der Waals surface area contributed by atoms with E-state index in [1.165, 1.54) is 6.42 Å². The first kappa shape index (κ1) is 14.9. The highest BCUT2D eigenvalue weighted by atomic mass is 32.2. The summed E-state index contributed by atoms with van der Waals surface area (Å²) in [5, 5.41) is -0.317. The van der Waals surface area contributed by atoms with E-state index in [0.717, 1.165) is 19.3 Å². The van der Waals surface area contributed by atoms with E-state index < -0.39 is 9.84 Å². The largest absolute Gasteiger partial charge is 0.377 e. The van der Waals surface area contributed by atoms with Crippen LogP contribution in [0.4, 0.5) is 0 Å². The fourth-order valence-electron chi connectivity index (χ4n) is 2.21. The fourth-order valence-corrected chi connectivity index (χ4v) is 3.01. The Hall–Kier alpha value is -0.130. The van der Waals surface area contributed by atoms with Gasteiger partial charge in [0.25, 0.3) is 0 Å². The third kappa shape index (κ3) is 4.56. The molecular weight excluding hydrogens is 238 g/mol. The van der Waals surface area contributed by atoms with Crippen LogP contribution < -0.4 is 5.73 Å². The Labute approximate surface area is 105 Å². The van der Waals surface area contributed by atoms with Crippen molar-refractivity contribution in [3.05, 3.63) is 0 Å². The zero-order valence-corrected chi connectivity index (χ0v) is 11.7. The standard InChI is InChI=1S/C12H25NO3S/c1-10(2)17(14,15)8-7-16-12-6-4-3-5-11(12)9-13/h10-12H,3-9,13H2,1-2H3. The first-order valence-corrected chi connectivity index (χ1v) is 8.22. The van der Waals surface area contributed by atoms with Crippen LogP contribution in [0.3, 0.4) is 0 Å². The molecular formula is C12H25NO3S. The number of hydrogen-bond acceptors (Lipinski definition) is 4. The molecule has 17 heavy (non-hydrogen) atoms. The van der Waals surface area contributed by atoms with Crippen LogP contribution in [0.5, 0.6) is 0 Å². The van der Waals surface area contributed by atoms with Crippen molar-refractivity contribution in [2.45, 2.75) is 50.9 Å². The maximum Gasteiger partial charge on any atom is 0.154 e. The minimum atomic E-state index is -2.98. The van der Waals surface area contributed by atoms with Crippen molar-refractivity contribution in [3.63, 3.8) is 0 Å². The molecule has 2 atom stereocenters. The molecule has 0 aromatic carbocycles. The van der Waals surface area contributed by atoms with E-state index in [0.29, 0.717) is 19.1 Å². The molecule has 102 valence electrons. The van der Waals surface area contributed by atoms with Gasteiger partial charge in [-0.05, 0) is 39.2 Å². The van der Waals surface area contributed by atoms with E-state index in [4.69, 9.17) is 10.5 Å². The number of nitrogens with two attached hydrogens (primary N) is 1. The zero-order valence-electron chi connectivity index (χ0n) is 10.9. The second kappa shape index (κ2) is 6.71. The molecule has 0 aromatic heterocycles. The lowest BCUT2D eigenvalue weighted by molar-refractivity contribution is -0.000153. The van der Waals surface area contributed by atoms with E-state index in [2.05, 4.69) is 0 Å². The Morgan fingerprint density at radius 2 is 1.94 bits per heavy atom. The van der Waals surface area contributed by atoms with Crippen molar-refractivity contribution < 1.29 is 13.2 Å². The van der Waals surface area contributed by atoms with Crippen molar-refractivity contribution in [2.24, 2.45) is 11.7 Å². The maximum atomic E-state index is 11.6. The predicted molar refractivity (Wildman–Crippen MR) is 69.7 cm³/mol. The van der Waals surface area contributed by atoms with Gasteiger partial charge in [0.2, 0.25) is 0 Å². The van der Waals surface area contributed by atoms with Gasteiger partial charge in [-0.15, -0.1) is 0 Å². The van der Waals surface area contributed by atoms with Gasteiger partial charge < -0.3 is 10.5 Å². The SMILES string of the molecule is CC(C)S(=O)(=O)CCOC1CCCCC1CN. The molecule has 0 amide bonds. The summed E-state index contributed by atoms with van der Waals surface area (Å²) in [5.41, 5.74) is 5.70. The molecule has 1 aliphatic carbocycles. The molecule has 2 unspecified atom stereocenters. The van der Waals surface area contributed by atoms with Crippen molar-refractivity contribution in [2.75, 3.05) is 18.9 Å². The molecule has 0 aliphatic heterocycles. The Balaban J connectivity index is 2.35. The monoisotopic (exact) mass is 263 g/mol. The zero-order chi connectivity index (χ0) is 12.9. The van der Waals surface area contributed by atoms with E-state index in [1.54, 1.807) is 13.8 Å². The van der Waals surface area contributed by atoms with Crippen LogP contribution in [0.2, 0.25) is 0 Å². The summed E-state index contributed by atoms with van der Waals surface area (Å²) in [6.07, 6.45) is 4.67. The lowest BCUT2D eigenvalue weighted by Gasteiger charge is -2.30. The fraction of sp³-hybridized carbons (Fsp3) is 1.00. The van der Waals surface area contributed by atoms with Crippen LogP contribution in [0.15, 0.2) is 0 Å². The molecule has 2 N–H and O–H groups in total. The van der Waals surface area contributed by atoms with Gasteiger partial charge in [-0.1, -0.05) is 12.8 Å². The average molecular weight is 263 g/mol. The number of sulfone groups is 1. The smallest absolute Gasteiger partial charge is 0.154 e. The number of ether oxygens (including phenoxy) is 1. The Morgan fingerprint density at radius 1 is 1.29 bits per heavy atom. The summed E-state index contributed by atoms with van der Waals surface area (Å²) < 4.78 is 29.0.